The van der Waals surface area contributed by atoms with Gasteiger partial charge in [0.15, 0.2) is 0 Å². The summed E-state index contributed by atoms with van der Waals surface area (Å²) in [5, 5.41) is 0.872. The highest BCUT2D eigenvalue weighted by molar-refractivity contribution is 7.89. The van der Waals surface area contributed by atoms with E-state index in [9.17, 15) is 17.6 Å². The predicted molar refractivity (Wildman–Crippen MR) is 117 cm³/mol. The highest BCUT2D eigenvalue weighted by atomic mass is 32.2. The van der Waals surface area contributed by atoms with Gasteiger partial charge in [-0.25, -0.2) is 12.8 Å². The number of aromatic amines is 1. The number of pyridine rings is 1. The summed E-state index contributed by atoms with van der Waals surface area (Å²) in [6.45, 7) is 4.53. The van der Waals surface area contributed by atoms with Crippen molar-refractivity contribution in [2.75, 3.05) is 13.2 Å². The number of aryl methyl sites for hydroxylation is 2. The quantitative estimate of drug-likeness (QED) is 0.629. The summed E-state index contributed by atoms with van der Waals surface area (Å²) >= 11 is 0. The molecule has 0 saturated carbocycles. The zero-order valence-corrected chi connectivity index (χ0v) is 18.3. The van der Waals surface area contributed by atoms with Gasteiger partial charge < -0.3 is 9.72 Å². The minimum absolute atomic E-state index is 0.0177. The van der Waals surface area contributed by atoms with E-state index in [1.807, 2.05) is 26.0 Å². The van der Waals surface area contributed by atoms with Crippen LogP contribution in [0.2, 0.25) is 0 Å². The number of fused-ring (bicyclic) bond motifs is 1. The molecule has 1 saturated heterocycles. The summed E-state index contributed by atoms with van der Waals surface area (Å²) in [4.78, 5) is 15.6. The van der Waals surface area contributed by atoms with E-state index in [1.54, 1.807) is 6.07 Å². The number of H-pyrrole nitrogens is 1. The third-order valence-corrected chi connectivity index (χ3v) is 7.44. The SMILES string of the molecule is Cc1cc(C)c2cc(CN(C[C@H]3CCCO3)S(=O)(=O)c3ccc(F)cc3)c(=O)[nH]c2c1. The van der Waals surface area contributed by atoms with Crippen molar-refractivity contribution >= 4 is 20.9 Å². The number of halogens is 1. The van der Waals surface area contributed by atoms with Crippen molar-refractivity contribution in [1.82, 2.24) is 9.29 Å². The largest absolute Gasteiger partial charge is 0.377 e. The molecule has 6 nitrogen and oxygen atoms in total. The average Bonchev–Trinajstić information content (AvgIpc) is 3.22. The molecule has 0 bridgehead atoms. The first-order chi connectivity index (χ1) is 14.7. The molecule has 1 atom stereocenters. The number of sulfonamides is 1. The maximum atomic E-state index is 13.4. The maximum Gasteiger partial charge on any atom is 0.252 e. The van der Waals surface area contributed by atoms with Crippen LogP contribution in [-0.4, -0.2) is 37.0 Å². The molecule has 8 heteroatoms. The van der Waals surface area contributed by atoms with Crippen molar-refractivity contribution in [3.8, 4) is 0 Å². The van der Waals surface area contributed by atoms with Gasteiger partial charge in [0.05, 0.1) is 11.0 Å². The molecular formula is C23H25FN2O4S. The minimum atomic E-state index is -3.96. The molecule has 0 amide bonds. The molecular weight excluding hydrogens is 419 g/mol. The summed E-state index contributed by atoms with van der Waals surface area (Å²) in [7, 11) is -3.96. The number of rotatable bonds is 6. The Morgan fingerprint density at radius 1 is 1.16 bits per heavy atom. The normalized spacial score (nSPS) is 17.0. The molecule has 0 unspecified atom stereocenters. The zero-order chi connectivity index (χ0) is 22.2. The summed E-state index contributed by atoms with van der Waals surface area (Å²) in [5.74, 6) is -0.513. The fourth-order valence-corrected chi connectivity index (χ4v) is 5.49. The number of benzene rings is 2. The van der Waals surface area contributed by atoms with Crippen LogP contribution < -0.4 is 5.56 Å². The Kier molecular flexibility index (Phi) is 5.96. The zero-order valence-electron chi connectivity index (χ0n) is 17.5. The predicted octanol–water partition coefficient (Wildman–Crippen LogP) is 3.65. The van der Waals surface area contributed by atoms with Crippen molar-refractivity contribution in [2.45, 2.75) is 44.2 Å². The van der Waals surface area contributed by atoms with Crippen LogP contribution in [0.25, 0.3) is 10.9 Å². The number of hydrogen-bond donors (Lipinski definition) is 1. The second-order valence-electron chi connectivity index (χ2n) is 8.05. The Morgan fingerprint density at radius 2 is 1.90 bits per heavy atom. The van der Waals surface area contributed by atoms with Crippen LogP contribution in [-0.2, 0) is 21.3 Å². The maximum absolute atomic E-state index is 13.4. The topological polar surface area (TPSA) is 79.5 Å². The molecule has 2 heterocycles. The standard InChI is InChI=1S/C23H25FN2O4S/c1-15-10-16(2)21-12-17(23(27)25-22(21)11-15)13-26(14-19-4-3-9-30-19)31(28,29)20-7-5-18(24)6-8-20/h5-8,10-12,19H,3-4,9,13-14H2,1-2H3,(H,25,27)/t19-/m1/s1. The molecule has 4 rings (SSSR count). The van der Waals surface area contributed by atoms with E-state index in [0.717, 1.165) is 47.0 Å². The van der Waals surface area contributed by atoms with Crippen molar-refractivity contribution in [3.63, 3.8) is 0 Å². The van der Waals surface area contributed by atoms with E-state index in [1.165, 1.54) is 16.4 Å². The van der Waals surface area contributed by atoms with Gasteiger partial charge >= 0.3 is 0 Å². The molecule has 0 spiro atoms. The molecule has 1 fully saturated rings. The minimum Gasteiger partial charge on any atom is -0.377 e. The van der Waals surface area contributed by atoms with Crippen molar-refractivity contribution < 1.29 is 17.5 Å². The summed E-state index contributed by atoms with van der Waals surface area (Å²) in [5.41, 5.74) is 2.78. The van der Waals surface area contributed by atoms with Crippen LogP contribution in [0.1, 0.15) is 29.5 Å². The van der Waals surface area contributed by atoms with E-state index in [2.05, 4.69) is 4.98 Å². The lowest BCUT2D eigenvalue weighted by molar-refractivity contribution is 0.0925. The highest BCUT2D eigenvalue weighted by Gasteiger charge is 2.30. The first kappa shape index (κ1) is 21.7. The Bertz CT molecular complexity index is 1260. The molecule has 1 aliphatic heterocycles. The van der Waals surface area contributed by atoms with E-state index >= 15 is 0 Å². The average molecular weight is 445 g/mol. The number of nitrogens with one attached hydrogen (secondary N) is 1. The summed E-state index contributed by atoms with van der Waals surface area (Å²) in [6, 6.07) is 10.4. The number of hydrogen-bond acceptors (Lipinski definition) is 4. The monoisotopic (exact) mass is 444 g/mol. The van der Waals surface area contributed by atoms with Crippen molar-refractivity contribution in [3.05, 3.63) is 75.3 Å². The second kappa shape index (κ2) is 8.53. The molecule has 1 N–H and O–H groups in total. The molecule has 164 valence electrons. The van der Waals surface area contributed by atoms with E-state index < -0.39 is 15.8 Å². The Hall–Kier alpha value is -2.55. The van der Waals surface area contributed by atoms with Crippen molar-refractivity contribution in [2.24, 2.45) is 0 Å². The van der Waals surface area contributed by atoms with Gasteiger partial charge in [0, 0.05) is 36.2 Å². The van der Waals surface area contributed by atoms with Crippen LogP contribution in [0, 0.1) is 19.7 Å². The van der Waals surface area contributed by atoms with Gasteiger partial charge in [0.2, 0.25) is 10.0 Å². The smallest absolute Gasteiger partial charge is 0.252 e. The molecule has 3 aromatic rings. The van der Waals surface area contributed by atoms with Crippen LogP contribution >= 0.6 is 0 Å². The molecule has 0 aliphatic carbocycles. The Labute approximate surface area is 180 Å². The Balaban J connectivity index is 1.74. The lowest BCUT2D eigenvalue weighted by atomic mass is 10.0. The highest BCUT2D eigenvalue weighted by Crippen LogP contribution is 2.24. The summed E-state index contributed by atoms with van der Waals surface area (Å²) in [6.07, 6.45) is 1.38. The third-order valence-electron chi connectivity index (χ3n) is 5.62. The molecule has 1 aromatic heterocycles. The fourth-order valence-electron chi connectivity index (χ4n) is 4.04. The second-order valence-corrected chi connectivity index (χ2v) is 9.99. The Morgan fingerprint density at radius 3 is 2.58 bits per heavy atom. The van der Waals surface area contributed by atoms with Crippen molar-refractivity contribution in [1.29, 1.82) is 0 Å². The van der Waals surface area contributed by atoms with Gasteiger partial charge in [0.1, 0.15) is 5.82 Å². The van der Waals surface area contributed by atoms with Gasteiger partial charge in [-0.3, -0.25) is 4.79 Å². The van der Waals surface area contributed by atoms with Gasteiger partial charge in [-0.2, -0.15) is 4.31 Å². The molecule has 0 radical (unpaired) electrons. The van der Waals surface area contributed by atoms with E-state index in [-0.39, 0.29) is 29.6 Å². The van der Waals surface area contributed by atoms with Gasteiger partial charge in [-0.15, -0.1) is 0 Å². The number of nitrogens with zero attached hydrogens (tertiary/aromatic N) is 1. The number of aromatic nitrogens is 1. The van der Waals surface area contributed by atoms with Gasteiger partial charge in [-0.1, -0.05) is 6.07 Å². The van der Waals surface area contributed by atoms with Crippen LogP contribution in [0.5, 0.6) is 0 Å². The molecule has 2 aromatic carbocycles. The number of ether oxygens (including phenoxy) is 1. The van der Waals surface area contributed by atoms with Gasteiger partial charge in [-0.05, 0) is 74.2 Å². The lowest BCUT2D eigenvalue weighted by Gasteiger charge is -2.25. The van der Waals surface area contributed by atoms with Crippen LogP contribution in [0.4, 0.5) is 4.39 Å². The third kappa shape index (κ3) is 4.56. The van der Waals surface area contributed by atoms with Crippen LogP contribution in [0.3, 0.4) is 0 Å². The van der Waals surface area contributed by atoms with E-state index in [0.29, 0.717) is 12.2 Å². The van der Waals surface area contributed by atoms with E-state index in [4.69, 9.17) is 4.74 Å². The molecule has 31 heavy (non-hydrogen) atoms. The van der Waals surface area contributed by atoms with Gasteiger partial charge in [0.25, 0.3) is 5.56 Å². The van der Waals surface area contributed by atoms with Crippen LogP contribution in [0.15, 0.2) is 52.2 Å². The lowest BCUT2D eigenvalue weighted by Crippen LogP contribution is -2.38. The first-order valence-corrected chi connectivity index (χ1v) is 11.7. The fraction of sp³-hybridized carbons (Fsp3) is 0.348. The summed E-state index contributed by atoms with van der Waals surface area (Å²) < 4.78 is 47.0. The first-order valence-electron chi connectivity index (χ1n) is 10.2. The molecule has 1 aliphatic rings.